The second-order valence-corrected chi connectivity index (χ2v) is 10.4. The normalized spacial score (nSPS) is 17.6. The molecule has 0 spiro atoms. The van der Waals surface area contributed by atoms with Gasteiger partial charge < -0.3 is 20.8 Å². The van der Waals surface area contributed by atoms with Gasteiger partial charge in [0.25, 0.3) is 0 Å². The number of rotatable bonds is 12. The van der Waals surface area contributed by atoms with E-state index in [2.05, 4.69) is 41.1 Å². The van der Waals surface area contributed by atoms with E-state index in [4.69, 9.17) is 20.7 Å². The minimum absolute atomic E-state index is 0. The van der Waals surface area contributed by atoms with Crippen LogP contribution in [0.15, 0.2) is 30.4 Å². The van der Waals surface area contributed by atoms with Crippen molar-refractivity contribution in [3.8, 4) is 12.1 Å². The lowest BCUT2D eigenvalue weighted by Gasteiger charge is -2.23. The van der Waals surface area contributed by atoms with Crippen LogP contribution in [0.5, 0.6) is 0 Å². The summed E-state index contributed by atoms with van der Waals surface area (Å²) in [6.45, 7) is 14.3. The standard InChI is InChI=1S/C12H22N6.C12H16N4O4.2ClH/c1-11(2,9-13-5-6-14-9)17-18-12(3,4)10-15-7-8-16-10;1-11(7-13,5-3-9(17)18)15-16-12(2,8-14)6-4-10(19)20;;/h5-8H2,1-4H3,(H,13,14)(H,15,16);3-6H2,1-2H3,(H,17,18)(H,19,20);2*1H. The van der Waals surface area contributed by atoms with Gasteiger partial charge in [-0.15, -0.1) is 24.8 Å². The first-order valence-electron chi connectivity index (χ1n) is 12.3. The van der Waals surface area contributed by atoms with Gasteiger partial charge in [-0.3, -0.25) is 19.6 Å². The van der Waals surface area contributed by atoms with E-state index >= 15 is 0 Å². The number of halogens is 2. The molecule has 0 fully saturated rings. The third kappa shape index (κ3) is 13.1. The Morgan fingerprint density at radius 3 is 1.30 bits per heavy atom. The molecule has 2 atom stereocenters. The molecule has 2 aliphatic heterocycles. The minimum Gasteiger partial charge on any atom is -0.481 e. The van der Waals surface area contributed by atoms with Crippen molar-refractivity contribution in [2.45, 2.75) is 89.4 Å². The van der Waals surface area contributed by atoms with Crippen LogP contribution < -0.4 is 10.6 Å². The summed E-state index contributed by atoms with van der Waals surface area (Å²) in [4.78, 5) is 29.8. The summed E-state index contributed by atoms with van der Waals surface area (Å²) in [5.41, 5.74) is -3.49. The van der Waals surface area contributed by atoms with Gasteiger partial charge in [0.2, 0.25) is 0 Å². The molecule has 14 nitrogen and oxygen atoms in total. The second kappa shape index (κ2) is 16.7. The van der Waals surface area contributed by atoms with Crippen LogP contribution in [0.2, 0.25) is 0 Å². The third-order valence-corrected chi connectivity index (χ3v) is 5.68. The van der Waals surface area contributed by atoms with Crippen molar-refractivity contribution in [2.75, 3.05) is 26.2 Å². The zero-order chi connectivity index (χ0) is 29.0. The molecule has 2 heterocycles. The van der Waals surface area contributed by atoms with E-state index < -0.39 is 34.1 Å². The van der Waals surface area contributed by atoms with Crippen LogP contribution in [0.4, 0.5) is 0 Å². The highest BCUT2D eigenvalue weighted by Crippen LogP contribution is 2.23. The van der Waals surface area contributed by atoms with Gasteiger partial charge in [0.1, 0.15) is 22.7 Å². The first kappa shape index (κ1) is 38.8. The largest absolute Gasteiger partial charge is 0.481 e. The number of carboxylic acid groups (broad SMARTS) is 2. The molecule has 2 unspecified atom stereocenters. The number of nitrogens with one attached hydrogen (secondary N) is 2. The smallest absolute Gasteiger partial charge is 0.303 e. The minimum atomic E-state index is -1.35. The van der Waals surface area contributed by atoms with E-state index in [-0.39, 0.29) is 50.5 Å². The van der Waals surface area contributed by atoms with Crippen molar-refractivity contribution in [3.05, 3.63) is 0 Å². The van der Waals surface area contributed by atoms with Gasteiger partial charge in [-0.05, 0) is 54.4 Å². The van der Waals surface area contributed by atoms with E-state index in [9.17, 15) is 9.59 Å². The summed E-state index contributed by atoms with van der Waals surface area (Å²) in [5, 5.41) is 58.2. The Balaban J connectivity index is 0. The Bertz CT molecular complexity index is 997. The Labute approximate surface area is 247 Å². The highest BCUT2D eigenvalue weighted by atomic mass is 35.5. The summed E-state index contributed by atoms with van der Waals surface area (Å²) in [6.07, 6.45) is -0.575. The molecule has 0 aromatic carbocycles. The van der Waals surface area contributed by atoms with Crippen LogP contribution in [-0.2, 0) is 9.59 Å². The Morgan fingerprint density at radius 2 is 1.07 bits per heavy atom. The average molecular weight is 604 g/mol. The number of carbonyl (C=O) groups is 2. The van der Waals surface area contributed by atoms with Gasteiger partial charge in [0.15, 0.2) is 11.1 Å². The summed E-state index contributed by atoms with van der Waals surface area (Å²) < 4.78 is 0. The van der Waals surface area contributed by atoms with E-state index in [0.717, 1.165) is 37.9 Å². The van der Waals surface area contributed by atoms with Crippen LogP contribution in [-0.4, -0.2) is 82.2 Å². The molecular formula is C24H40Cl2N10O4. The second-order valence-electron chi connectivity index (χ2n) is 10.4. The molecule has 2 aliphatic rings. The van der Waals surface area contributed by atoms with Crippen molar-refractivity contribution in [3.63, 3.8) is 0 Å². The van der Waals surface area contributed by atoms with Gasteiger partial charge >= 0.3 is 11.9 Å². The highest BCUT2D eigenvalue weighted by Gasteiger charge is 2.32. The first-order chi connectivity index (χ1) is 17.6. The van der Waals surface area contributed by atoms with E-state index in [1.165, 1.54) is 13.8 Å². The number of hydrogen-bond donors (Lipinski definition) is 4. The van der Waals surface area contributed by atoms with E-state index in [0.29, 0.717) is 0 Å². The fraction of sp³-hybridized carbons (Fsp3) is 0.750. The van der Waals surface area contributed by atoms with E-state index in [1.807, 2.05) is 39.8 Å². The first-order valence-corrected chi connectivity index (χ1v) is 12.3. The number of nitrogens with zero attached hydrogens (tertiary/aromatic N) is 8. The zero-order valence-electron chi connectivity index (χ0n) is 23.8. The summed E-state index contributed by atoms with van der Waals surface area (Å²) in [7, 11) is 0. The molecule has 0 aromatic rings. The predicted molar refractivity (Wildman–Crippen MR) is 155 cm³/mol. The van der Waals surface area contributed by atoms with Crippen molar-refractivity contribution < 1.29 is 19.8 Å². The summed E-state index contributed by atoms with van der Waals surface area (Å²) >= 11 is 0. The summed E-state index contributed by atoms with van der Waals surface area (Å²) in [6, 6.07) is 3.69. The predicted octanol–water partition coefficient (Wildman–Crippen LogP) is 3.58. The van der Waals surface area contributed by atoms with Crippen LogP contribution in [0.25, 0.3) is 0 Å². The topological polar surface area (TPSA) is 220 Å². The molecule has 0 amide bonds. The number of azo groups is 2. The van der Waals surface area contributed by atoms with Crippen molar-refractivity contribution in [2.24, 2.45) is 30.4 Å². The molecule has 40 heavy (non-hydrogen) atoms. The number of aliphatic carboxylic acids is 2. The lowest BCUT2D eigenvalue weighted by Crippen LogP contribution is -2.41. The number of aliphatic imine (C=N–C) groups is 2. The lowest BCUT2D eigenvalue weighted by molar-refractivity contribution is -0.138. The summed E-state index contributed by atoms with van der Waals surface area (Å²) in [5.74, 6) is -0.280. The molecule has 224 valence electrons. The fourth-order valence-electron chi connectivity index (χ4n) is 3.14. The van der Waals surface area contributed by atoms with Gasteiger partial charge in [-0.1, -0.05) is 0 Å². The van der Waals surface area contributed by atoms with Gasteiger partial charge in [0, 0.05) is 25.9 Å². The van der Waals surface area contributed by atoms with Crippen LogP contribution in [0.3, 0.4) is 0 Å². The molecule has 0 radical (unpaired) electrons. The lowest BCUT2D eigenvalue weighted by atomic mass is 9.97. The third-order valence-electron chi connectivity index (χ3n) is 5.68. The van der Waals surface area contributed by atoms with Crippen LogP contribution in [0.1, 0.15) is 67.2 Å². The molecule has 4 N–H and O–H groups in total. The molecular weight excluding hydrogens is 563 g/mol. The van der Waals surface area contributed by atoms with Gasteiger partial charge in [-0.2, -0.15) is 31.0 Å². The van der Waals surface area contributed by atoms with Gasteiger partial charge in [-0.25, -0.2) is 0 Å². The SMILES string of the molecule is CC(C#N)(CCC(=O)O)N=NC(C)(C#N)CCC(=O)O.CC(C)(N=NC(C)(C)C1=NCCN1)C1=NCCN1.Cl.Cl. The number of amidine groups is 2. The molecule has 0 saturated heterocycles. The van der Waals surface area contributed by atoms with Gasteiger partial charge in [0.05, 0.1) is 25.2 Å². The zero-order valence-corrected chi connectivity index (χ0v) is 25.4. The van der Waals surface area contributed by atoms with Crippen LogP contribution >= 0.6 is 24.8 Å². The van der Waals surface area contributed by atoms with Crippen molar-refractivity contribution in [1.29, 1.82) is 10.5 Å². The molecule has 16 heteroatoms. The number of hydrogen-bond acceptors (Lipinski definition) is 12. The molecule has 0 saturated carbocycles. The maximum absolute atomic E-state index is 10.5. The Kier molecular flexibility index (Phi) is 16.2. The number of carboxylic acids is 2. The van der Waals surface area contributed by atoms with Crippen molar-refractivity contribution in [1.82, 2.24) is 10.6 Å². The van der Waals surface area contributed by atoms with E-state index in [1.54, 1.807) is 0 Å². The average Bonchev–Trinajstić information content (AvgIpc) is 3.60. The maximum Gasteiger partial charge on any atom is 0.303 e. The Morgan fingerprint density at radius 1 is 0.750 bits per heavy atom. The maximum atomic E-state index is 10.5. The Hall–Kier alpha value is -3.36. The monoisotopic (exact) mass is 602 g/mol. The highest BCUT2D eigenvalue weighted by molar-refractivity contribution is 5.93. The molecule has 0 aromatic heterocycles. The van der Waals surface area contributed by atoms with Crippen LogP contribution in [0, 0.1) is 22.7 Å². The molecule has 0 aliphatic carbocycles. The van der Waals surface area contributed by atoms with Crippen molar-refractivity contribution >= 4 is 48.4 Å². The number of nitriles is 2. The molecule has 0 bridgehead atoms. The quantitative estimate of drug-likeness (QED) is 0.241. The molecule has 2 rings (SSSR count). The fourth-order valence-corrected chi connectivity index (χ4v) is 3.14.